The van der Waals surface area contributed by atoms with E-state index in [0.29, 0.717) is 0 Å². The third kappa shape index (κ3) is 3.07. The van der Waals surface area contributed by atoms with Crippen LogP contribution < -0.4 is 5.32 Å². The Morgan fingerprint density at radius 2 is 2.57 bits per heavy atom. The molecule has 0 amide bonds. The van der Waals surface area contributed by atoms with Crippen molar-refractivity contribution in [1.29, 1.82) is 0 Å². The third-order valence-corrected chi connectivity index (χ3v) is 3.77. The van der Waals surface area contributed by atoms with Crippen LogP contribution in [0.1, 0.15) is 18.6 Å². The monoisotopic (exact) mass is 211 g/mol. The van der Waals surface area contributed by atoms with Crippen LogP contribution in [0.15, 0.2) is 22.8 Å². The molecule has 1 aliphatic heterocycles. The smallest absolute Gasteiger partial charge is 0.113 e. The van der Waals surface area contributed by atoms with Crippen molar-refractivity contribution >= 4 is 11.8 Å². The first-order valence-electron chi connectivity index (χ1n) is 5.26. The van der Waals surface area contributed by atoms with Crippen LogP contribution in [0.2, 0.25) is 0 Å². The highest BCUT2D eigenvalue weighted by atomic mass is 32.2. The molecule has 0 spiro atoms. The summed E-state index contributed by atoms with van der Waals surface area (Å²) in [6.07, 6.45) is 4.47. The fourth-order valence-corrected chi connectivity index (χ4v) is 2.89. The van der Waals surface area contributed by atoms with Crippen molar-refractivity contribution in [3.8, 4) is 0 Å². The van der Waals surface area contributed by atoms with Crippen LogP contribution in [0.25, 0.3) is 0 Å². The van der Waals surface area contributed by atoms with E-state index in [1.165, 1.54) is 31.7 Å². The first-order chi connectivity index (χ1) is 6.95. The predicted molar refractivity (Wildman–Crippen MR) is 60.5 cm³/mol. The van der Waals surface area contributed by atoms with Gasteiger partial charge in [0.15, 0.2) is 0 Å². The Hall–Kier alpha value is -0.410. The minimum atomic E-state index is 0.865. The first kappa shape index (κ1) is 10.1. The second kappa shape index (κ2) is 5.47. The molecule has 2 nitrogen and oxygen atoms in total. The zero-order valence-electron chi connectivity index (χ0n) is 8.37. The normalized spacial score (nSPS) is 22.4. The Labute approximate surface area is 89.4 Å². The molecule has 2 heterocycles. The molecule has 3 heteroatoms. The van der Waals surface area contributed by atoms with E-state index in [9.17, 15) is 0 Å². The molecule has 1 aliphatic rings. The van der Waals surface area contributed by atoms with Crippen LogP contribution in [0.3, 0.4) is 0 Å². The zero-order valence-corrected chi connectivity index (χ0v) is 9.19. The van der Waals surface area contributed by atoms with Crippen LogP contribution in [0, 0.1) is 5.92 Å². The maximum absolute atomic E-state index is 5.29. The van der Waals surface area contributed by atoms with E-state index in [1.807, 2.05) is 23.9 Å². The molecule has 1 aromatic rings. The van der Waals surface area contributed by atoms with Gasteiger partial charge in [-0.25, -0.2) is 0 Å². The maximum Gasteiger partial charge on any atom is 0.113 e. The fourth-order valence-electron chi connectivity index (χ4n) is 1.79. The third-order valence-electron chi connectivity index (χ3n) is 2.58. The standard InChI is InChI=1S/C11H17NOS/c1-3-10(7-12-5-1)8-14-9-11-4-2-6-13-11/h2,4,6,10,12H,1,3,5,7-9H2/t10-/m1/s1. The van der Waals surface area contributed by atoms with Crippen molar-refractivity contribution in [3.05, 3.63) is 24.2 Å². The highest BCUT2D eigenvalue weighted by molar-refractivity contribution is 7.98. The summed E-state index contributed by atoms with van der Waals surface area (Å²) in [5.41, 5.74) is 0. The largest absolute Gasteiger partial charge is 0.468 e. The van der Waals surface area contributed by atoms with Crippen molar-refractivity contribution in [3.63, 3.8) is 0 Å². The van der Waals surface area contributed by atoms with Crippen LogP contribution in [-0.4, -0.2) is 18.8 Å². The number of piperidine rings is 1. The Bertz CT molecular complexity index is 242. The van der Waals surface area contributed by atoms with Crippen molar-refractivity contribution in [2.24, 2.45) is 5.92 Å². The molecule has 14 heavy (non-hydrogen) atoms. The number of rotatable bonds is 4. The number of nitrogens with one attached hydrogen (secondary N) is 1. The van der Waals surface area contributed by atoms with Crippen molar-refractivity contribution in [2.75, 3.05) is 18.8 Å². The minimum absolute atomic E-state index is 0.865. The van der Waals surface area contributed by atoms with Crippen molar-refractivity contribution in [1.82, 2.24) is 5.32 Å². The summed E-state index contributed by atoms with van der Waals surface area (Å²) >= 11 is 1.98. The van der Waals surface area contributed by atoms with Crippen LogP contribution in [0.4, 0.5) is 0 Å². The number of thioether (sulfide) groups is 1. The first-order valence-corrected chi connectivity index (χ1v) is 6.41. The highest BCUT2D eigenvalue weighted by Gasteiger charge is 2.12. The summed E-state index contributed by atoms with van der Waals surface area (Å²) in [7, 11) is 0. The van der Waals surface area contributed by atoms with Gasteiger partial charge >= 0.3 is 0 Å². The van der Waals surface area contributed by atoms with E-state index in [1.54, 1.807) is 6.26 Å². The Balaban J connectivity index is 1.62. The van der Waals surface area contributed by atoms with Gasteiger partial charge in [-0.15, -0.1) is 0 Å². The predicted octanol–water partition coefficient (Wildman–Crippen LogP) is 2.51. The van der Waals surface area contributed by atoms with E-state index in [2.05, 4.69) is 5.32 Å². The summed E-state index contributed by atoms with van der Waals surface area (Å²) < 4.78 is 5.29. The van der Waals surface area contributed by atoms with Gasteiger partial charge in [0.25, 0.3) is 0 Å². The molecule has 1 fully saturated rings. The quantitative estimate of drug-likeness (QED) is 0.828. The molecule has 0 saturated carbocycles. The van der Waals surface area contributed by atoms with E-state index in [-0.39, 0.29) is 0 Å². The summed E-state index contributed by atoms with van der Waals surface area (Å²) in [5, 5.41) is 3.44. The lowest BCUT2D eigenvalue weighted by molar-refractivity contribution is 0.410. The van der Waals surface area contributed by atoms with E-state index in [4.69, 9.17) is 4.42 Å². The summed E-state index contributed by atoms with van der Waals surface area (Å²) in [4.78, 5) is 0. The second-order valence-corrected chi connectivity index (χ2v) is 4.84. The molecule has 1 saturated heterocycles. The average molecular weight is 211 g/mol. The molecule has 1 aromatic heterocycles. The van der Waals surface area contributed by atoms with Crippen molar-refractivity contribution < 1.29 is 4.42 Å². The molecule has 0 radical (unpaired) electrons. The molecule has 1 atom stereocenters. The van der Waals surface area contributed by atoms with E-state index < -0.39 is 0 Å². The molecule has 0 aromatic carbocycles. The molecule has 0 unspecified atom stereocenters. The molecule has 1 N–H and O–H groups in total. The van der Waals surface area contributed by atoms with Gasteiger partial charge in [-0.2, -0.15) is 11.8 Å². The number of furan rings is 1. The van der Waals surface area contributed by atoms with Gasteiger partial charge in [-0.3, -0.25) is 0 Å². The zero-order chi connectivity index (χ0) is 9.64. The van der Waals surface area contributed by atoms with Crippen LogP contribution in [0.5, 0.6) is 0 Å². The maximum atomic E-state index is 5.29. The number of hydrogen-bond donors (Lipinski definition) is 1. The highest BCUT2D eigenvalue weighted by Crippen LogP contribution is 2.19. The van der Waals surface area contributed by atoms with Crippen LogP contribution >= 0.6 is 11.8 Å². The van der Waals surface area contributed by atoms with Gasteiger partial charge in [-0.1, -0.05) is 0 Å². The molecule has 2 rings (SSSR count). The van der Waals surface area contributed by atoms with Gasteiger partial charge in [0.1, 0.15) is 5.76 Å². The van der Waals surface area contributed by atoms with Gasteiger partial charge in [-0.05, 0) is 49.7 Å². The van der Waals surface area contributed by atoms with Crippen LogP contribution in [-0.2, 0) is 5.75 Å². The van der Waals surface area contributed by atoms with Gasteiger partial charge in [0.05, 0.1) is 12.0 Å². The van der Waals surface area contributed by atoms with E-state index >= 15 is 0 Å². The lowest BCUT2D eigenvalue weighted by atomic mass is 10.0. The summed E-state index contributed by atoms with van der Waals surface area (Å²) in [5.74, 6) is 4.24. The Kier molecular flexibility index (Phi) is 3.95. The lowest BCUT2D eigenvalue weighted by Gasteiger charge is -2.21. The summed E-state index contributed by atoms with van der Waals surface area (Å²) in [6.45, 7) is 2.41. The molecular formula is C11H17NOS. The molecule has 78 valence electrons. The second-order valence-electron chi connectivity index (χ2n) is 3.81. The van der Waals surface area contributed by atoms with Crippen molar-refractivity contribution in [2.45, 2.75) is 18.6 Å². The SMILES string of the molecule is c1coc(CSC[C@@H]2CCCNC2)c1. The Morgan fingerprint density at radius 3 is 3.29 bits per heavy atom. The minimum Gasteiger partial charge on any atom is -0.468 e. The molecule has 0 aliphatic carbocycles. The lowest BCUT2D eigenvalue weighted by Crippen LogP contribution is -2.30. The van der Waals surface area contributed by atoms with Gasteiger partial charge < -0.3 is 9.73 Å². The number of hydrogen-bond acceptors (Lipinski definition) is 3. The Morgan fingerprint density at radius 1 is 1.57 bits per heavy atom. The van der Waals surface area contributed by atoms with Gasteiger partial charge in [0, 0.05) is 0 Å². The molecular weight excluding hydrogens is 194 g/mol. The molecule has 0 bridgehead atoms. The van der Waals surface area contributed by atoms with Gasteiger partial charge in [0.2, 0.25) is 0 Å². The topological polar surface area (TPSA) is 25.2 Å². The van der Waals surface area contributed by atoms with E-state index in [0.717, 1.165) is 17.4 Å². The average Bonchev–Trinajstić information content (AvgIpc) is 2.72. The summed E-state index contributed by atoms with van der Waals surface area (Å²) in [6, 6.07) is 4.00. The fraction of sp³-hybridized carbons (Fsp3) is 0.636.